The smallest absolute Gasteiger partial charge is 0.123 e. The molecule has 0 spiro atoms. The maximum Gasteiger partial charge on any atom is 0.123 e. The van der Waals surface area contributed by atoms with Crippen molar-refractivity contribution in [2.24, 2.45) is 17.6 Å². The molecule has 0 heterocycles. The Bertz CT molecular complexity index is 461. The van der Waals surface area contributed by atoms with Gasteiger partial charge in [-0.1, -0.05) is 25.2 Å². The van der Waals surface area contributed by atoms with Crippen molar-refractivity contribution in [1.82, 2.24) is 4.90 Å². The molecule has 0 saturated heterocycles. The van der Waals surface area contributed by atoms with Crippen molar-refractivity contribution in [3.05, 3.63) is 35.1 Å². The fraction of sp³-hybridized carbons (Fsp3) is 0.500. The number of halogens is 1. The second kappa shape index (κ2) is 5.33. The van der Waals surface area contributed by atoms with Gasteiger partial charge in [0.15, 0.2) is 0 Å². The van der Waals surface area contributed by atoms with E-state index in [9.17, 15) is 4.39 Å². The first-order valence-corrected chi connectivity index (χ1v) is 6.65. The lowest BCUT2D eigenvalue weighted by atomic mass is 10.1. The molecule has 18 heavy (non-hydrogen) atoms. The molecule has 0 amide bonds. The summed E-state index contributed by atoms with van der Waals surface area (Å²) in [6.07, 6.45) is 1.32. The van der Waals surface area contributed by atoms with E-state index in [1.807, 2.05) is 0 Å². The van der Waals surface area contributed by atoms with Gasteiger partial charge in [0.25, 0.3) is 0 Å². The molecule has 2 N–H and O–H groups in total. The average Bonchev–Trinajstić information content (AvgIpc) is 2.96. The van der Waals surface area contributed by atoms with Crippen LogP contribution in [0, 0.1) is 17.7 Å². The molecule has 1 aliphatic carbocycles. The lowest BCUT2D eigenvalue weighted by Crippen LogP contribution is -2.23. The van der Waals surface area contributed by atoms with Crippen molar-refractivity contribution < 1.29 is 4.39 Å². The summed E-state index contributed by atoms with van der Waals surface area (Å²) in [5.74, 6) is 1.36. The van der Waals surface area contributed by atoms with Crippen LogP contribution in [0.25, 0.3) is 0 Å². The van der Waals surface area contributed by atoms with E-state index in [1.54, 1.807) is 6.07 Å². The first-order valence-electron chi connectivity index (χ1n) is 6.24. The fourth-order valence-corrected chi connectivity index (χ4v) is 2.52. The molecule has 4 heteroatoms. The van der Waals surface area contributed by atoms with Crippen molar-refractivity contribution >= 4 is 17.2 Å². The van der Waals surface area contributed by atoms with Gasteiger partial charge in [-0.2, -0.15) is 0 Å². The largest absolute Gasteiger partial charge is 0.389 e. The second-order valence-corrected chi connectivity index (χ2v) is 5.78. The number of benzene rings is 1. The van der Waals surface area contributed by atoms with Crippen LogP contribution in [0.3, 0.4) is 0 Å². The average molecular weight is 266 g/mol. The van der Waals surface area contributed by atoms with Gasteiger partial charge in [0, 0.05) is 18.7 Å². The van der Waals surface area contributed by atoms with Gasteiger partial charge >= 0.3 is 0 Å². The summed E-state index contributed by atoms with van der Waals surface area (Å²) in [6.45, 7) is 4.11. The molecule has 0 radical (unpaired) electrons. The fourth-order valence-electron chi connectivity index (χ4n) is 2.33. The van der Waals surface area contributed by atoms with E-state index < -0.39 is 0 Å². The van der Waals surface area contributed by atoms with E-state index in [1.165, 1.54) is 18.6 Å². The van der Waals surface area contributed by atoms with Gasteiger partial charge in [0.05, 0.1) is 0 Å². The third-order valence-corrected chi connectivity index (χ3v) is 3.82. The minimum Gasteiger partial charge on any atom is -0.389 e. The summed E-state index contributed by atoms with van der Waals surface area (Å²) in [4.78, 5) is 2.51. The molecule has 1 aromatic carbocycles. The highest BCUT2D eigenvalue weighted by atomic mass is 32.1. The molecule has 2 rings (SSSR count). The predicted octanol–water partition coefficient (Wildman–Crippen LogP) is 2.55. The Labute approximate surface area is 113 Å². The van der Waals surface area contributed by atoms with Gasteiger partial charge in [-0.15, -0.1) is 0 Å². The summed E-state index contributed by atoms with van der Waals surface area (Å²) >= 11 is 4.97. The third kappa shape index (κ3) is 3.27. The number of nitrogens with two attached hydrogens (primary N) is 1. The van der Waals surface area contributed by atoms with Crippen molar-refractivity contribution in [1.29, 1.82) is 0 Å². The van der Waals surface area contributed by atoms with Gasteiger partial charge < -0.3 is 10.6 Å². The molecule has 0 aliphatic heterocycles. The van der Waals surface area contributed by atoms with Gasteiger partial charge in [-0.25, -0.2) is 4.39 Å². The maximum absolute atomic E-state index is 13.2. The molecular weight excluding hydrogens is 247 g/mol. The highest BCUT2D eigenvalue weighted by Crippen LogP contribution is 2.38. The van der Waals surface area contributed by atoms with Crippen LogP contribution >= 0.6 is 12.2 Å². The third-order valence-electron chi connectivity index (χ3n) is 3.60. The highest BCUT2D eigenvalue weighted by molar-refractivity contribution is 7.80. The van der Waals surface area contributed by atoms with Crippen LogP contribution in [0.5, 0.6) is 0 Å². The Morgan fingerprint density at radius 2 is 2.22 bits per heavy atom. The molecule has 2 atom stereocenters. The molecule has 2 nitrogen and oxygen atoms in total. The predicted molar refractivity (Wildman–Crippen MR) is 75.9 cm³/mol. The SMILES string of the molecule is CC1CC1CN(C)Cc1ccc(F)cc1C(N)=S. The second-order valence-electron chi connectivity index (χ2n) is 5.34. The van der Waals surface area contributed by atoms with Gasteiger partial charge in [-0.05, 0) is 43.0 Å². The van der Waals surface area contributed by atoms with E-state index in [0.717, 1.165) is 30.5 Å². The Morgan fingerprint density at radius 1 is 1.56 bits per heavy atom. The van der Waals surface area contributed by atoms with Crippen molar-refractivity contribution in [3.8, 4) is 0 Å². The van der Waals surface area contributed by atoms with Crippen LogP contribution in [0.4, 0.5) is 4.39 Å². The zero-order chi connectivity index (χ0) is 13.3. The summed E-state index contributed by atoms with van der Waals surface area (Å²) in [7, 11) is 2.08. The lowest BCUT2D eigenvalue weighted by molar-refractivity contribution is 0.307. The molecule has 1 saturated carbocycles. The topological polar surface area (TPSA) is 29.3 Å². The number of rotatable bonds is 5. The van der Waals surface area contributed by atoms with Crippen LogP contribution in [0.2, 0.25) is 0 Å². The molecule has 98 valence electrons. The number of thiocarbonyl (C=S) groups is 1. The summed E-state index contributed by atoms with van der Waals surface area (Å²) in [5.41, 5.74) is 7.29. The molecule has 2 unspecified atom stereocenters. The molecule has 1 fully saturated rings. The molecular formula is C14H19FN2S. The molecule has 1 aliphatic rings. The van der Waals surface area contributed by atoms with E-state index in [2.05, 4.69) is 18.9 Å². The van der Waals surface area contributed by atoms with Gasteiger partial charge in [0.1, 0.15) is 10.8 Å². The molecule has 0 aromatic heterocycles. The quantitative estimate of drug-likeness (QED) is 0.831. The molecule has 0 bridgehead atoms. The Balaban J connectivity index is 2.05. The van der Waals surface area contributed by atoms with Crippen LogP contribution in [-0.2, 0) is 6.54 Å². The van der Waals surface area contributed by atoms with E-state index >= 15 is 0 Å². The maximum atomic E-state index is 13.2. The van der Waals surface area contributed by atoms with E-state index in [0.29, 0.717) is 5.56 Å². The van der Waals surface area contributed by atoms with Gasteiger partial charge in [-0.3, -0.25) is 0 Å². The highest BCUT2D eigenvalue weighted by Gasteiger charge is 2.33. The van der Waals surface area contributed by atoms with Crippen molar-refractivity contribution in [2.75, 3.05) is 13.6 Å². The Hall–Kier alpha value is -1.00. The van der Waals surface area contributed by atoms with Crippen LogP contribution in [0.15, 0.2) is 18.2 Å². The lowest BCUT2D eigenvalue weighted by Gasteiger charge is -2.18. The summed E-state index contributed by atoms with van der Waals surface area (Å²) in [5, 5.41) is 0. The zero-order valence-electron chi connectivity index (χ0n) is 10.8. The monoisotopic (exact) mass is 266 g/mol. The van der Waals surface area contributed by atoms with Crippen molar-refractivity contribution in [2.45, 2.75) is 19.9 Å². The molecule has 1 aromatic rings. The first kappa shape index (κ1) is 13.4. The minimum absolute atomic E-state index is 0.262. The van der Waals surface area contributed by atoms with Crippen LogP contribution in [-0.4, -0.2) is 23.5 Å². The first-order chi connectivity index (χ1) is 8.47. The van der Waals surface area contributed by atoms with Crippen LogP contribution < -0.4 is 5.73 Å². The summed E-state index contributed by atoms with van der Waals surface area (Å²) < 4.78 is 13.2. The number of hydrogen-bond acceptors (Lipinski definition) is 2. The van der Waals surface area contributed by atoms with E-state index in [-0.39, 0.29) is 10.8 Å². The van der Waals surface area contributed by atoms with E-state index in [4.69, 9.17) is 18.0 Å². The minimum atomic E-state index is -0.292. The standard InChI is InChI=1S/C14H19FN2S/c1-9-5-11(9)8-17(2)7-10-3-4-12(15)6-13(10)14(16)18/h3-4,6,9,11H,5,7-8H2,1-2H3,(H2,16,18). The number of hydrogen-bond donors (Lipinski definition) is 1. The van der Waals surface area contributed by atoms with Crippen molar-refractivity contribution in [3.63, 3.8) is 0 Å². The number of nitrogens with zero attached hydrogens (tertiary/aromatic N) is 1. The van der Waals surface area contributed by atoms with Gasteiger partial charge in [0.2, 0.25) is 0 Å². The zero-order valence-corrected chi connectivity index (χ0v) is 11.6. The normalized spacial score (nSPS) is 22.2. The Kier molecular flexibility index (Phi) is 3.97. The van der Waals surface area contributed by atoms with Crippen LogP contribution in [0.1, 0.15) is 24.5 Å². The summed E-state index contributed by atoms with van der Waals surface area (Å²) in [6, 6.07) is 4.66. The Morgan fingerprint density at radius 3 is 2.78 bits per heavy atom.